The standard InChI is InChI=1S/C13H13ClN2O4S/c1-8(17)10-4-2-3-5-12(10)16-21(19,20)9-6-11(14)13(18)15-7-9/h2-8,16-17H,1H3,(H,15,18). The van der Waals surface area contributed by atoms with Crippen LogP contribution in [-0.4, -0.2) is 18.5 Å². The molecule has 6 nitrogen and oxygen atoms in total. The fourth-order valence-corrected chi connectivity index (χ4v) is 3.07. The molecule has 2 aromatic rings. The zero-order valence-electron chi connectivity index (χ0n) is 11.0. The van der Waals surface area contributed by atoms with Crippen molar-refractivity contribution in [1.82, 2.24) is 4.98 Å². The molecule has 8 heteroatoms. The molecular weight excluding hydrogens is 316 g/mol. The van der Waals surface area contributed by atoms with Crippen molar-refractivity contribution in [2.24, 2.45) is 0 Å². The average Bonchev–Trinajstić information content (AvgIpc) is 2.41. The first kappa shape index (κ1) is 15.6. The predicted molar refractivity (Wildman–Crippen MR) is 80.0 cm³/mol. The molecule has 1 aromatic heterocycles. The van der Waals surface area contributed by atoms with Gasteiger partial charge in [0.2, 0.25) is 0 Å². The summed E-state index contributed by atoms with van der Waals surface area (Å²) >= 11 is 5.63. The lowest BCUT2D eigenvalue weighted by Crippen LogP contribution is -2.17. The Hall–Kier alpha value is -1.83. The molecule has 1 aromatic carbocycles. The maximum Gasteiger partial charge on any atom is 0.266 e. The van der Waals surface area contributed by atoms with Crippen LogP contribution in [0.15, 0.2) is 46.2 Å². The van der Waals surface area contributed by atoms with Gasteiger partial charge in [-0.05, 0) is 19.1 Å². The van der Waals surface area contributed by atoms with Crippen molar-refractivity contribution < 1.29 is 13.5 Å². The minimum absolute atomic E-state index is 0.174. The van der Waals surface area contributed by atoms with Crippen LogP contribution in [0.25, 0.3) is 0 Å². The third-order valence-corrected chi connectivity index (χ3v) is 4.42. The number of aromatic nitrogens is 1. The van der Waals surface area contributed by atoms with Gasteiger partial charge in [-0.25, -0.2) is 8.42 Å². The van der Waals surface area contributed by atoms with E-state index in [1.807, 2.05) is 0 Å². The van der Waals surface area contributed by atoms with Crippen LogP contribution in [0.5, 0.6) is 0 Å². The number of benzene rings is 1. The Balaban J connectivity index is 2.42. The fraction of sp³-hybridized carbons (Fsp3) is 0.154. The molecule has 0 saturated heterocycles. The van der Waals surface area contributed by atoms with Gasteiger partial charge in [-0.15, -0.1) is 0 Å². The van der Waals surface area contributed by atoms with Gasteiger partial charge >= 0.3 is 0 Å². The van der Waals surface area contributed by atoms with Gasteiger partial charge in [-0.1, -0.05) is 29.8 Å². The number of sulfonamides is 1. The van der Waals surface area contributed by atoms with Crippen LogP contribution in [0.3, 0.4) is 0 Å². The SMILES string of the molecule is CC(O)c1ccccc1NS(=O)(=O)c1c[nH]c(=O)c(Cl)c1. The van der Waals surface area contributed by atoms with Crippen molar-refractivity contribution in [3.8, 4) is 0 Å². The number of para-hydroxylation sites is 1. The van der Waals surface area contributed by atoms with Crippen LogP contribution in [0.4, 0.5) is 5.69 Å². The van der Waals surface area contributed by atoms with Gasteiger partial charge in [0.25, 0.3) is 15.6 Å². The van der Waals surface area contributed by atoms with E-state index < -0.39 is 21.7 Å². The number of H-pyrrole nitrogens is 1. The molecule has 0 amide bonds. The van der Waals surface area contributed by atoms with Crippen LogP contribution >= 0.6 is 11.6 Å². The fourth-order valence-electron chi connectivity index (χ4n) is 1.75. The smallest absolute Gasteiger partial charge is 0.266 e. The van der Waals surface area contributed by atoms with Crippen LogP contribution in [-0.2, 0) is 10.0 Å². The van der Waals surface area contributed by atoms with Crippen LogP contribution in [0, 0.1) is 0 Å². The summed E-state index contributed by atoms with van der Waals surface area (Å²) in [5.41, 5.74) is 0.131. The first-order valence-electron chi connectivity index (χ1n) is 5.99. The summed E-state index contributed by atoms with van der Waals surface area (Å²) < 4.78 is 26.9. The molecule has 3 N–H and O–H groups in total. The van der Waals surface area contributed by atoms with Crippen LogP contribution < -0.4 is 10.3 Å². The molecule has 0 saturated carbocycles. The molecule has 0 bridgehead atoms. The van der Waals surface area contributed by atoms with Crippen molar-refractivity contribution in [3.05, 3.63) is 57.5 Å². The molecule has 1 unspecified atom stereocenters. The van der Waals surface area contributed by atoms with E-state index in [1.165, 1.54) is 13.0 Å². The second kappa shape index (κ2) is 5.88. The summed E-state index contributed by atoms with van der Waals surface area (Å²) in [6.07, 6.45) is 0.227. The first-order chi connectivity index (χ1) is 9.81. The maximum absolute atomic E-state index is 12.3. The molecule has 0 aliphatic heterocycles. The number of rotatable bonds is 4. The summed E-state index contributed by atoms with van der Waals surface area (Å²) in [4.78, 5) is 13.2. The highest BCUT2D eigenvalue weighted by atomic mass is 35.5. The number of pyridine rings is 1. The Morgan fingerprint density at radius 3 is 2.62 bits per heavy atom. The van der Waals surface area contributed by atoms with Gasteiger partial charge in [-0.2, -0.15) is 0 Å². The highest BCUT2D eigenvalue weighted by Gasteiger charge is 2.18. The molecule has 21 heavy (non-hydrogen) atoms. The van der Waals surface area contributed by atoms with E-state index in [0.717, 1.165) is 12.3 Å². The monoisotopic (exact) mass is 328 g/mol. The summed E-state index contributed by atoms with van der Waals surface area (Å²) in [6, 6.07) is 7.54. The Labute approximate surface area is 126 Å². The summed E-state index contributed by atoms with van der Waals surface area (Å²) in [7, 11) is -3.92. The zero-order chi connectivity index (χ0) is 15.6. The molecule has 112 valence electrons. The predicted octanol–water partition coefficient (Wildman–Crippen LogP) is 1.88. The lowest BCUT2D eigenvalue weighted by atomic mass is 10.1. The van der Waals surface area contributed by atoms with Crippen molar-refractivity contribution >= 4 is 27.3 Å². The van der Waals surface area contributed by atoms with Crippen molar-refractivity contribution in [2.45, 2.75) is 17.9 Å². The maximum atomic E-state index is 12.3. The topological polar surface area (TPSA) is 99.3 Å². The lowest BCUT2D eigenvalue weighted by molar-refractivity contribution is 0.200. The number of hydrogen-bond donors (Lipinski definition) is 3. The van der Waals surface area contributed by atoms with E-state index >= 15 is 0 Å². The minimum atomic E-state index is -3.92. The Morgan fingerprint density at radius 1 is 1.33 bits per heavy atom. The number of hydrogen-bond acceptors (Lipinski definition) is 4. The molecule has 2 rings (SSSR count). The average molecular weight is 329 g/mol. The largest absolute Gasteiger partial charge is 0.389 e. The highest BCUT2D eigenvalue weighted by molar-refractivity contribution is 7.92. The van der Waals surface area contributed by atoms with Gasteiger partial charge in [0.05, 0.1) is 11.8 Å². The van der Waals surface area contributed by atoms with Crippen molar-refractivity contribution in [2.75, 3.05) is 4.72 Å². The van der Waals surface area contributed by atoms with E-state index in [1.54, 1.807) is 18.2 Å². The van der Waals surface area contributed by atoms with Gasteiger partial charge in [0.15, 0.2) is 0 Å². The van der Waals surface area contributed by atoms with Gasteiger partial charge in [0.1, 0.15) is 9.92 Å². The molecular formula is C13H13ClN2O4S. The number of anilines is 1. The second-order valence-corrected chi connectivity index (χ2v) is 6.47. The van der Waals surface area contributed by atoms with E-state index in [9.17, 15) is 18.3 Å². The number of nitrogens with one attached hydrogen (secondary N) is 2. The van der Waals surface area contributed by atoms with Gasteiger partial charge < -0.3 is 10.1 Å². The molecule has 0 aliphatic rings. The van der Waals surface area contributed by atoms with Crippen LogP contribution in [0.2, 0.25) is 5.02 Å². The van der Waals surface area contributed by atoms with Crippen LogP contribution in [0.1, 0.15) is 18.6 Å². The van der Waals surface area contributed by atoms with E-state index in [-0.39, 0.29) is 15.6 Å². The number of aliphatic hydroxyl groups is 1. The lowest BCUT2D eigenvalue weighted by Gasteiger charge is -2.14. The second-order valence-electron chi connectivity index (χ2n) is 4.38. The minimum Gasteiger partial charge on any atom is -0.389 e. The van der Waals surface area contributed by atoms with E-state index in [2.05, 4.69) is 9.71 Å². The highest BCUT2D eigenvalue weighted by Crippen LogP contribution is 2.25. The molecule has 1 atom stereocenters. The summed E-state index contributed by atoms with van der Waals surface area (Å²) in [5.74, 6) is 0. The molecule has 0 aliphatic carbocycles. The third kappa shape index (κ3) is 3.44. The third-order valence-electron chi connectivity index (χ3n) is 2.80. The van der Waals surface area contributed by atoms with Gasteiger partial charge in [-0.3, -0.25) is 9.52 Å². The molecule has 0 radical (unpaired) electrons. The Bertz CT molecular complexity index is 815. The van der Waals surface area contributed by atoms with E-state index in [0.29, 0.717) is 5.56 Å². The molecule has 0 fully saturated rings. The Kier molecular flexibility index (Phi) is 4.36. The number of halogens is 1. The normalized spacial score (nSPS) is 12.9. The molecule has 1 heterocycles. The number of aromatic amines is 1. The molecule has 0 spiro atoms. The van der Waals surface area contributed by atoms with Gasteiger partial charge in [0, 0.05) is 11.8 Å². The Morgan fingerprint density at radius 2 is 2.00 bits per heavy atom. The number of aliphatic hydroxyl groups excluding tert-OH is 1. The summed E-state index contributed by atoms with van der Waals surface area (Å²) in [6.45, 7) is 1.53. The first-order valence-corrected chi connectivity index (χ1v) is 7.85. The summed E-state index contributed by atoms with van der Waals surface area (Å²) in [5, 5.41) is 9.43. The van der Waals surface area contributed by atoms with Crippen molar-refractivity contribution in [1.29, 1.82) is 0 Å². The quantitative estimate of drug-likeness (QED) is 0.798. The zero-order valence-corrected chi connectivity index (χ0v) is 12.6. The van der Waals surface area contributed by atoms with Crippen molar-refractivity contribution in [3.63, 3.8) is 0 Å². The van der Waals surface area contributed by atoms with E-state index in [4.69, 9.17) is 11.6 Å².